The first-order valence-electron chi connectivity index (χ1n) is 7.30. The van der Waals surface area contributed by atoms with Crippen LogP contribution in [0.15, 0.2) is 24.3 Å². The molecule has 0 spiro atoms. The highest BCUT2D eigenvalue weighted by molar-refractivity contribution is 5.90. The van der Waals surface area contributed by atoms with Gasteiger partial charge in [0.15, 0.2) is 0 Å². The third-order valence-electron chi connectivity index (χ3n) is 4.16. The third-order valence-corrected chi connectivity index (χ3v) is 4.16. The molecule has 114 valence electrons. The van der Waals surface area contributed by atoms with Gasteiger partial charge >= 0.3 is 12.0 Å². The zero-order valence-corrected chi connectivity index (χ0v) is 12.7. The lowest BCUT2D eigenvalue weighted by atomic mass is 10.0. The summed E-state index contributed by atoms with van der Waals surface area (Å²) < 4.78 is 0. The van der Waals surface area contributed by atoms with Crippen LogP contribution in [0.5, 0.6) is 0 Å². The van der Waals surface area contributed by atoms with Crippen LogP contribution in [0.1, 0.15) is 38.7 Å². The van der Waals surface area contributed by atoms with Gasteiger partial charge in [0.1, 0.15) is 0 Å². The van der Waals surface area contributed by atoms with E-state index in [0.717, 1.165) is 5.69 Å². The highest BCUT2D eigenvalue weighted by Crippen LogP contribution is 2.25. The second-order valence-electron chi connectivity index (χ2n) is 5.87. The van der Waals surface area contributed by atoms with E-state index in [1.165, 1.54) is 5.56 Å². The Morgan fingerprint density at radius 1 is 1.29 bits per heavy atom. The van der Waals surface area contributed by atoms with Crippen LogP contribution >= 0.6 is 0 Å². The van der Waals surface area contributed by atoms with Gasteiger partial charge in [-0.1, -0.05) is 26.0 Å². The maximum Gasteiger partial charge on any atom is 0.322 e. The van der Waals surface area contributed by atoms with Gasteiger partial charge in [0.05, 0.1) is 5.92 Å². The summed E-state index contributed by atoms with van der Waals surface area (Å²) in [4.78, 5) is 24.9. The number of aliphatic carboxylic acids is 1. The van der Waals surface area contributed by atoms with Gasteiger partial charge in [0.25, 0.3) is 0 Å². The van der Waals surface area contributed by atoms with Crippen molar-refractivity contribution in [3.05, 3.63) is 29.8 Å². The molecule has 1 aliphatic rings. The molecule has 1 aromatic carbocycles. The number of urea groups is 1. The molecule has 1 aromatic rings. The number of carboxylic acids is 1. The first kappa shape index (κ1) is 15.4. The van der Waals surface area contributed by atoms with Crippen molar-refractivity contribution in [2.75, 3.05) is 11.9 Å². The van der Waals surface area contributed by atoms with Gasteiger partial charge in [0, 0.05) is 18.3 Å². The standard InChI is InChI=1S/C16H22N2O3/c1-10(2)12-4-6-13(7-5-12)17-16(21)18-9-8-14(11(18)3)15(19)20/h4-7,10-11,14H,8-9H2,1-3H3,(H,17,21)(H,19,20). The summed E-state index contributed by atoms with van der Waals surface area (Å²) in [5, 5.41) is 11.9. The number of hydrogen-bond donors (Lipinski definition) is 2. The molecule has 0 aliphatic carbocycles. The summed E-state index contributed by atoms with van der Waals surface area (Å²) in [6.07, 6.45) is 0.510. The number of nitrogens with zero attached hydrogens (tertiary/aromatic N) is 1. The number of hydrogen-bond acceptors (Lipinski definition) is 2. The molecule has 1 heterocycles. The molecular formula is C16H22N2O3. The Balaban J connectivity index is 2.00. The predicted molar refractivity (Wildman–Crippen MR) is 81.5 cm³/mol. The Labute approximate surface area is 125 Å². The minimum atomic E-state index is -0.834. The van der Waals surface area contributed by atoms with E-state index in [4.69, 9.17) is 5.11 Å². The average molecular weight is 290 g/mol. The first-order chi connectivity index (χ1) is 9.90. The fourth-order valence-corrected chi connectivity index (χ4v) is 2.70. The number of rotatable bonds is 3. The molecule has 1 aliphatic heterocycles. The fourth-order valence-electron chi connectivity index (χ4n) is 2.70. The quantitative estimate of drug-likeness (QED) is 0.898. The molecule has 2 N–H and O–H groups in total. The van der Waals surface area contributed by atoms with Gasteiger partial charge in [-0.15, -0.1) is 0 Å². The fraction of sp³-hybridized carbons (Fsp3) is 0.500. The molecular weight excluding hydrogens is 268 g/mol. The highest BCUT2D eigenvalue weighted by atomic mass is 16.4. The molecule has 2 atom stereocenters. The van der Waals surface area contributed by atoms with Crippen molar-refractivity contribution in [1.29, 1.82) is 0 Å². The molecule has 2 unspecified atom stereocenters. The van der Waals surface area contributed by atoms with E-state index < -0.39 is 11.9 Å². The van der Waals surface area contributed by atoms with Crippen molar-refractivity contribution < 1.29 is 14.7 Å². The number of carbonyl (C=O) groups excluding carboxylic acids is 1. The minimum absolute atomic E-state index is 0.233. The zero-order chi connectivity index (χ0) is 15.6. The lowest BCUT2D eigenvalue weighted by Gasteiger charge is -2.23. The van der Waals surface area contributed by atoms with Crippen molar-refractivity contribution in [3.63, 3.8) is 0 Å². The maximum atomic E-state index is 12.2. The molecule has 5 heteroatoms. The van der Waals surface area contributed by atoms with Crippen LogP contribution in [0.3, 0.4) is 0 Å². The van der Waals surface area contributed by atoms with E-state index in [2.05, 4.69) is 19.2 Å². The second-order valence-corrected chi connectivity index (χ2v) is 5.87. The van der Waals surface area contributed by atoms with Crippen LogP contribution in [-0.4, -0.2) is 34.6 Å². The smallest absolute Gasteiger partial charge is 0.322 e. The number of anilines is 1. The van der Waals surface area contributed by atoms with Crippen molar-refractivity contribution in [1.82, 2.24) is 4.90 Å². The normalized spacial score (nSPS) is 21.6. The zero-order valence-electron chi connectivity index (χ0n) is 12.7. The van der Waals surface area contributed by atoms with Gasteiger partial charge in [-0.3, -0.25) is 4.79 Å². The summed E-state index contributed by atoms with van der Waals surface area (Å²) in [6, 6.07) is 7.23. The van der Waals surface area contributed by atoms with Crippen LogP contribution in [0.2, 0.25) is 0 Å². The number of amides is 2. The maximum absolute atomic E-state index is 12.2. The van der Waals surface area contributed by atoms with E-state index in [0.29, 0.717) is 18.9 Å². The van der Waals surface area contributed by atoms with Crippen LogP contribution in [0.25, 0.3) is 0 Å². The molecule has 0 saturated carbocycles. The van der Waals surface area contributed by atoms with Crippen molar-refractivity contribution in [3.8, 4) is 0 Å². The number of carboxylic acid groups (broad SMARTS) is 1. The second kappa shape index (κ2) is 6.16. The molecule has 5 nitrogen and oxygen atoms in total. The lowest BCUT2D eigenvalue weighted by molar-refractivity contribution is -0.142. The molecule has 1 saturated heterocycles. The topological polar surface area (TPSA) is 69.6 Å². The molecule has 1 fully saturated rings. The summed E-state index contributed by atoms with van der Waals surface area (Å²) in [5.74, 6) is -0.858. The van der Waals surface area contributed by atoms with E-state index in [1.54, 1.807) is 11.8 Å². The van der Waals surface area contributed by atoms with Crippen LogP contribution < -0.4 is 5.32 Å². The summed E-state index contributed by atoms with van der Waals surface area (Å²) >= 11 is 0. The molecule has 2 amide bonds. The Morgan fingerprint density at radius 3 is 2.38 bits per heavy atom. The predicted octanol–water partition coefficient (Wildman–Crippen LogP) is 3.14. The largest absolute Gasteiger partial charge is 0.481 e. The van der Waals surface area contributed by atoms with Gasteiger partial charge in [-0.2, -0.15) is 0 Å². The van der Waals surface area contributed by atoms with E-state index in [9.17, 15) is 9.59 Å². The monoisotopic (exact) mass is 290 g/mol. The average Bonchev–Trinajstić information content (AvgIpc) is 2.81. The van der Waals surface area contributed by atoms with Gasteiger partial charge in [-0.25, -0.2) is 4.79 Å². The minimum Gasteiger partial charge on any atom is -0.481 e. The van der Waals surface area contributed by atoms with Crippen LogP contribution in [0.4, 0.5) is 10.5 Å². The summed E-state index contributed by atoms with van der Waals surface area (Å²) in [6.45, 7) is 6.50. The van der Waals surface area contributed by atoms with Gasteiger partial charge in [0.2, 0.25) is 0 Å². The summed E-state index contributed by atoms with van der Waals surface area (Å²) in [5.41, 5.74) is 1.95. The Hall–Kier alpha value is -2.04. The molecule has 2 rings (SSSR count). The van der Waals surface area contributed by atoms with Crippen LogP contribution in [-0.2, 0) is 4.79 Å². The lowest BCUT2D eigenvalue weighted by Crippen LogP contribution is -2.40. The highest BCUT2D eigenvalue weighted by Gasteiger charge is 2.38. The number of carbonyl (C=O) groups is 2. The van der Waals surface area contributed by atoms with Gasteiger partial charge < -0.3 is 15.3 Å². The molecule has 21 heavy (non-hydrogen) atoms. The van der Waals surface area contributed by atoms with Crippen molar-refractivity contribution in [2.24, 2.45) is 5.92 Å². The van der Waals surface area contributed by atoms with E-state index >= 15 is 0 Å². The number of likely N-dealkylation sites (tertiary alicyclic amines) is 1. The molecule has 0 aromatic heterocycles. The number of nitrogens with one attached hydrogen (secondary N) is 1. The van der Waals surface area contributed by atoms with E-state index in [1.807, 2.05) is 24.3 Å². The first-order valence-corrected chi connectivity index (χ1v) is 7.30. The van der Waals surface area contributed by atoms with Gasteiger partial charge in [-0.05, 0) is 37.0 Å². The Bertz CT molecular complexity index is 525. The summed E-state index contributed by atoms with van der Waals surface area (Å²) in [7, 11) is 0. The molecule has 0 radical (unpaired) electrons. The van der Waals surface area contributed by atoms with E-state index in [-0.39, 0.29) is 12.1 Å². The van der Waals surface area contributed by atoms with Crippen LogP contribution in [0, 0.1) is 5.92 Å². The molecule has 0 bridgehead atoms. The van der Waals surface area contributed by atoms with Crippen molar-refractivity contribution in [2.45, 2.75) is 39.2 Å². The van der Waals surface area contributed by atoms with Crippen molar-refractivity contribution >= 4 is 17.7 Å². The number of benzene rings is 1. The third kappa shape index (κ3) is 3.35. The SMILES string of the molecule is CC(C)c1ccc(NC(=O)N2CCC(C(=O)O)C2C)cc1. The Kier molecular flexibility index (Phi) is 4.50. The Morgan fingerprint density at radius 2 is 1.90 bits per heavy atom.